The molecule has 1 aromatic carbocycles. The zero-order valence-electron chi connectivity index (χ0n) is 10.7. The van der Waals surface area contributed by atoms with E-state index in [9.17, 15) is 0 Å². The van der Waals surface area contributed by atoms with Crippen LogP contribution in [0.4, 0.5) is 5.69 Å². The van der Waals surface area contributed by atoms with Gasteiger partial charge in [0.2, 0.25) is 0 Å². The Kier molecular flexibility index (Phi) is 4.01. The van der Waals surface area contributed by atoms with Crippen molar-refractivity contribution in [1.82, 2.24) is 10.3 Å². The van der Waals surface area contributed by atoms with Crippen LogP contribution < -0.4 is 10.2 Å². The molecule has 19 heavy (non-hydrogen) atoms. The highest BCUT2D eigenvalue weighted by atomic mass is 32.2. The SMILES string of the molecule is c1ccc(Sc2cncc(N3CCNCC3)c2)cc1. The van der Waals surface area contributed by atoms with Gasteiger partial charge >= 0.3 is 0 Å². The van der Waals surface area contributed by atoms with Gasteiger partial charge in [-0.05, 0) is 18.2 Å². The van der Waals surface area contributed by atoms with Gasteiger partial charge < -0.3 is 10.2 Å². The van der Waals surface area contributed by atoms with E-state index in [0.717, 1.165) is 26.2 Å². The number of hydrogen-bond acceptors (Lipinski definition) is 4. The largest absolute Gasteiger partial charge is 0.368 e. The van der Waals surface area contributed by atoms with E-state index in [0.29, 0.717) is 0 Å². The van der Waals surface area contributed by atoms with Gasteiger partial charge in [0.05, 0.1) is 11.9 Å². The van der Waals surface area contributed by atoms with E-state index in [-0.39, 0.29) is 0 Å². The van der Waals surface area contributed by atoms with E-state index in [4.69, 9.17) is 0 Å². The number of aromatic nitrogens is 1. The molecule has 98 valence electrons. The van der Waals surface area contributed by atoms with Crippen LogP contribution in [-0.2, 0) is 0 Å². The first-order valence-corrected chi connectivity index (χ1v) is 7.37. The summed E-state index contributed by atoms with van der Waals surface area (Å²) in [5.74, 6) is 0. The smallest absolute Gasteiger partial charge is 0.0565 e. The average molecular weight is 271 g/mol. The fourth-order valence-corrected chi connectivity index (χ4v) is 3.04. The second kappa shape index (κ2) is 6.08. The molecule has 3 nitrogen and oxygen atoms in total. The zero-order chi connectivity index (χ0) is 12.9. The number of nitrogens with zero attached hydrogens (tertiary/aromatic N) is 2. The lowest BCUT2D eigenvalue weighted by atomic mass is 10.3. The predicted octanol–water partition coefficient (Wildman–Crippen LogP) is 2.64. The maximum absolute atomic E-state index is 4.37. The molecule has 2 aromatic rings. The molecule has 1 N–H and O–H groups in total. The van der Waals surface area contributed by atoms with Crippen LogP contribution in [-0.4, -0.2) is 31.2 Å². The Hall–Kier alpha value is -1.52. The topological polar surface area (TPSA) is 28.2 Å². The maximum atomic E-state index is 4.37. The lowest BCUT2D eigenvalue weighted by Crippen LogP contribution is -2.43. The molecule has 0 unspecified atom stereocenters. The Morgan fingerprint density at radius 2 is 1.79 bits per heavy atom. The Labute approximate surface area is 118 Å². The fourth-order valence-electron chi connectivity index (χ4n) is 2.18. The Balaban J connectivity index is 1.76. The first-order chi connectivity index (χ1) is 9.42. The second-order valence-electron chi connectivity index (χ2n) is 4.53. The highest BCUT2D eigenvalue weighted by Crippen LogP contribution is 2.29. The van der Waals surface area contributed by atoms with Crippen molar-refractivity contribution < 1.29 is 0 Å². The van der Waals surface area contributed by atoms with Crippen molar-refractivity contribution in [3.63, 3.8) is 0 Å². The quantitative estimate of drug-likeness (QED) is 0.929. The van der Waals surface area contributed by atoms with Crippen LogP contribution >= 0.6 is 11.8 Å². The standard InChI is InChI=1S/C15H17N3S/c1-2-4-14(5-3-1)19-15-10-13(11-17-12-15)18-8-6-16-7-9-18/h1-5,10-12,16H,6-9H2. The maximum Gasteiger partial charge on any atom is 0.0565 e. The Morgan fingerprint density at radius 1 is 1.00 bits per heavy atom. The van der Waals surface area contributed by atoms with Crippen molar-refractivity contribution in [2.75, 3.05) is 31.1 Å². The first kappa shape index (κ1) is 12.5. The number of nitrogens with one attached hydrogen (secondary N) is 1. The normalized spacial score (nSPS) is 15.5. The third-order valence-corrected chi connectivity index (χ3v) is 4.13. The van der Waals surface area contributed by atoms with Gasteiger partial charge in [-0.3, -0.25) is 4.98 Å². The zero-order valence-corrected chi connectivity index (χ0v) is 11.6. The lowest BCUT2D eigenvalue weighted by molar-refractivity contribution is 0.588. The van der Waals surface area contributed by atoms with Gasteiger partial charge in [-0.15, -0.1) is 0 Å². The summed E-state index contributed by atoms with van der Waals surface area (Å²) in [7, 11) is 0. The van der Waals surface area contributed by atoms with Crippen molar-refractivity contribution in [3.05, 3.63) is 48.8 Å². The van der Waals surface area contributed by atoms with Crippen molar-refractivity contribution in [3.8, 4) is 0 Å². The van der Waals surface area contributed by atoms with Crippen molar-refractivity contribution in [2.24, 2.45) is 0 Å². The summed E-state index contributed by atoms with van der Waals surface area (Å²) < 4.78 is 0. The summed E-state index contributed by atoms with van der Waals surface area (Å²) in [6.07, 6.45) is 3.89. The molecule has 0 spiro atoms. The molecular weight excluding hydrogens is 254 g/mol. The average Bonchev–Trinajstić information content (AvgIpc) is 2.49. The van der Waals surface area contributed by atoms with E-state index in [1.165, 1.54) is 15.5 Å². The number of piperazine rings is 1. The summed E-state index contributed by atoms with van der Waals surface area (Å²) in [5.41, 5.74) is 1.22. The number of pyridine rings is 1. The molecule has 1 saturated heterocycles. The van der Waals surface area contributed by atoms with Gasteiger partial charge in [-0.2, -0.15) is 0 Å². The number of hydrogen-bond donors (Lipinski definition) is 1. The minimum absolute atomic E-state index is 1.05. The number of rotatable bonds is 3. The molecular formula is C15H17N3S. The molecule has 4 heteroatoms. The van der Waals surface area contributed by atoms with Gasteiger partial charge in [-0.1, -0.05) is 30.0 Å². The molecule has 0 atom stereocenters. The Morgan fingerprint density at radius 3 is 2.58 bits per heavy atom. The Bertz CT molecular complexity index is 524. The van der Waals surface area contributed by atoms with Crippen LogP contribution in [0.25, 0.3) is 0 Å². The molecule has 0 aliphatic carbocycles. The van der Waals surface area contributed by atoms with E-state index in [1.54, 1.807) is 11.8 Å². The number of benzene rings is 1. The minimum Gasteiger partial charge on any atom is -0.368 e. The van der Waals surface area contributed by atoms with Gasteiger partial charge in [0.15, 0.2) is 0 Å². The van der Waals surface area contributed by atoms with Gasteiger partial charge in [-0.25, -0.2) is 0 Å². The summed E-state index contributed by atoms with van der Waals surface area (Å²) >= 11 is 1.76. The third kappa shape index (κ3) is 3.28. The van der Waals surface area contributed by atoms with Crippen LogP contribution in [0.5, 0.6) is 0 Å². The van der Waals surface area contributed by atoms with Crippen LogP contribution in [0.3, 0.4) is 0 Å². The fraction of sp³-hybridized carbons (Fsp3) is 0.267. The predicted molar refractivity (Wildman–Crippen MR) is 79.9 cm³/mol. The lowest BCUT2D eigenvalue weighted by Gasteiger charge is -2.29. The summed E-state index contributed by atoms with van der Waals surface area (Å²) in [6.45, 7) is 4.22. The molecule has 3 rings (SSSR count). The van der Waals surface area contributed by atoms with Gasteiger partial charge in [0.1, 0.15) is 0 Å². The monoisotopic (exact) mass is 271 g/mol. The first-order valence-electron chi connectivity index (χ1n) is 6.55. The van der Waals surface area contributed by atoms with Crippen molar-refractivity contribution in [1.29, 1.82) is 0 Å². The highest BCUT2D eigenvalue weighted by molar-refractivity contribution is 7.99. The molecule has 1 fully saturated rings. The molecule has 0 amide bonds. The van der Waals surface area contributed by atoms with E-state index in [1.807, 2.05) is 18.5 Å². The molecule has 1 aromatic heterocycles. The molecule has 0 radical (unpaired) electrons. The molecule has 0 saturated carbocycles. The molecule has 1 aliphatic rings. The molecule has 0 bridgehead atoms. The number of anilines is 1. The van der Waals surface area contributed by atoms with E-state index in [2.05, 4.69) is 45.5 Å². The van der Waals surface area contributed by atoms with Crippen LogP contribution in [0.2, 0.25) is 0 Å². The van der Waals surface area contributed by atoms with Crippen LogP contribution in [0, 0.1) is 0 Å². The van der Waals surface area contributed by atoms with Gasteiger partial charge in [0.25, 0.3) is 0 Å². The van der Waals surface area contributed by atoms with Crippen LogP contribution in [0.1, 0.15) is 0 Å². The minimum atomic E-state index is 1.05. The van der Waals surface area contributed by atoms with E-state index < -0.39 is 0 Å². The van der Waals surface area contributed by atoms with Gasteiger partial charge in [0, 0.05) is 42.2 Å². The summed E-state index contributed by atoms with van der Waals surface area (Å²) in [6, 6.07) is 12.7. The molecule has 2 heterocycles. The third-order valence-electron chi connectivity index (χ3n) is 3.16. The summed E-state index contributed by atoms with van der Waals surface area (Å²) in [4.78, 5) is 9.21. The summed E-state index contributed by atoms with van der Waals surface area (Å²) in [5, 5.41) is 3.37. The van der Waals surface area contributed by atoms with Crippen molar-refractivity contribution in [2.45, 2.75) is 9.79 Å². The van der Waals surface area contributed by atoms with Crippen molar-refractivity contribution >= 4 is 17.4 Å². The highest BCUT2D eigenvalue weighted by Gasteiger charge is 2.11. The van der Waals surface area contributed by atoms with Crippen LogP contribution in [0.15, 0.2) is 58.6 Å². The molecule has 1 aliphatic heterocycles. The van der Waals surface area contributed by atoms with E-state index >= 15 is 0 Å². The second-order valence-corrected chi connectivity index (χ2v) is 5.68.